The number of nitrogens with one attached hydrogen (secondary N) is 1. The predicted molar refractivity (Wildman–Crippen MR) is 46.5 cm³/mol. The van der Waals surface area contributed by atoms with Gasteiger partial charge in [-0.25, -0.2) is 0 Å². The van der Waals surface area contributed by atoms with Gasteiger partial charge in [0.2, 0.25) is 0 Å². The summed E-state index contributed by atoms with van der Waals surface area (Å²) in [5.41, 5.74) is 0. The highest BCUT2D eigenvalue weighted by atomic mass is 16.3. The van der Waals surface area contributed by atoms with E-state index < -0.39 is 0 Å². The van der Waals surface area contributed by atoms with Crippen molar-refractivity contribution in [1.29, 1.82) is 0 Å². The fraction of sp³-hybridized carbons (Fsp3) is 1.00. The van der Waals surface area contributed by atoms with E-state index in [4.69, 9.17) is 0 Å². The standard InChI is InChI=1S/C9H19NO/c1-2-10-7-8-3-5-9(11)6-4-8/h8-11H,2-7H2,1H3/t8-,9+. The lowest BCUT2D eigenvalue weighted by atomic mass is 9.87. The minimum absolute atomic E-state index is 0.00660. The number of rotatable bonds is 3. The summed E-state index contributed by atoms with van der Waals surface area (Å²) in [7, 11) is 0. The maximum absolute atomic E-state index is 9.23. The monoisotopic (exact) mass is 157 g/mol. The number of hydrogen-bond donors (Lipinski definition) is 2. The van der Waals surface area contributed by atoms with Gasteiger partial charge in [0, 0.05) is 0 Å². The van der Waals surface area contributed by atoms with Crippen molar-refractivity contribution in [3.05, 3.63) is 0 Å². The highest BCUT2D eigenvalue weighted by Crippen LogP contribution is 2.23. The van der Waals surface area contributed by atoms with Crippen LogP contribution in [0.15, 0.2) is 0 Å². The van der Waals surface area contributed by atoms with Gasteiger partial charge in [-0.15, -0.1) is 0 Å². The van der Waals surface area contributed by atoms with E-state index in [2.05, 4.69) is 12.2 Å². The minimum atomic E-state index is -0.00660. The third-order valence-corrected chi connectivity index (χ3v) is 2.50. The molecule has 2 heteroatoms. The Labute approximate surface area is 69.0 Å². The molecular weight excluding hydrogens is 138 g/mol. The number of aliphatic hydroxyl groups excluding tert-OH is 1. The molecule has 1 aliphatic rings. The lowest BCUT2D eigenvalue weighted by molar-refractivity contribution is 0.108. The van der Waals surface area contributed by atoms with Crippen LogP contribution in [0.2, 0.25) is 0 Å². The van der Waals surface area contributed by atoms with Crippen LogP contribution in [0.3, 0.4) is 0 Å². The largest absolute Gasteiger partial charge is 0.393 e. The molecule has 0 saturated heterocycles. The van der Waals surface area contributed by atoms with E-state index in [0.717, 1.165) is 31.8 Å². The Morgan fingerprint density at radius 1 is 1.27 bits per heavy atom. The quantitative estimate of drug-likeness (QED) is 0.644. The molecule has 0 aromatic rings. The summed E-state index contributed by atoms with van der Waals surface area (Å²) >= 11 is 0. The van der Waals surface area contributed by atoms with Crippen molar-refractivity contribution < 1.29 is 5.11 Å². The molecular formula is C9H19NO. The summed E-state index contributed by atoms with van der Waals surface area (Å²) in [4.78, 5) is 0. The number of aliphatic hydroxyl groups is 1. The Bertz CT molecular complexity index is 95.0. The van der Waals surface area contributed by atoms with Crippen LogP contribution < -0.4 is 5.32 Å². The van der Waals surface area contributed by atoms with Gasteiger partial charge < -0.3 is 10.4 Å². The summed E-state index contributed by atoms with van der Waals surface area (Å²) in [6, 6.07) is 0. The summed E-state index contributed by atoms with van der Waals surface area (Å²) in [6.45, 7) is 4.35. The first kappa shape index (κ1) is 9.01. The maximum atomic E-state index is 9.23. The maximum Gasteiger partial charge on any atom is 0.0540 e. The average Bonchev–Trinajstić information content (AvgIpc) is 2.04. The second-order valence-corrected chi connectivity index (χ2v) is 3.48. The Hall–Kier alpha value is -0.0800. The van der Waals surface area contributed by atoms with Crippen LogP contribution in [-0.2, 0) is 0 Å². The fourth-order valence-corrected chi connectivity index (χ4v) is 1.70. The number of hydrogen-bond acceptors (Lipinski definition) is 2. The highest BCUT2D eigenvalue weighted by Gasteiger charge is 2.18. The van der Waals surface area contributed by atoms with Crippen molar-refractivity contribution in [1.82, 2.24) is 5.32 Å². The van der Waals surface area contributed by atoms with Crippen molar-refractivity contribution in [2.24, 2.45) is 5.92 Å². The third-order valence-electron chi connectivity index (χ3n) is 2.50. The minimum Gasteiger partial charge on any atom is -0.393 e. The van der Waals surface area contributed by atoms with Gasteiger partial charge in [-0.1, -0.05) is 6.92 Å². The molecule has 66 valence electrons. The summed E-state index contributed by atoms with van der Waals surface area (Å²) in [5, 5.41) is 12.6. The van der Waals surface area contributed by atoms with E-state index in [9.17, 15) is 5.11 Å². The van der Waals surface area contributed by atoms with Crippen molar-refractivity contribution in [2.75, 3.05) is 13.1 Å². The fourth-order valence-electron chi connectivity index (χ4n) is 1.70. The van der Waals surface area contributed by atoms with Crippen molar-refractivity contribution in [2.45, 2.75) is 38.7 Å². The van der Waals surface area contributed by atoms with Crippen molar-refractivity contribution in [3.8, 4) is 0 Å². The summed E-state index contributed by atoms with van der Waals surface area (Å²) in [5.74, 6) is 0.818. The Kier molecular flexibility index (Phi) is 3.87. The van der Waals surface area contributed by atoms with Gasteiger partial charge in [-0.3, -0.25) is 0 Å². The molecule has 0 unspecified atom stereocenters. The van der Waals surface area contributed by atoms with E-state index in [1.165, 1.54) is 12.8 Å². The van der Waals surface area contributed by atoms with E-state index in [1.807, 2.05) is 0 Å². The first-order valence-electron chi connectivity index (χ1n) is 4.71. The Morgan fingerprint density at radius 3 is 2.45 bits per heavy atom. The molecule has 0 spiro atoms. The van der Waals surface area contributed by atoms with Gasteiger partial charge in [0.15, 0.2) is 0 Å². The first-order valence-corrected chi connectivity index (χ1v) is 4.71. The molecule has 11 heavy (non-hydrogen) atoms. The molecule has 0 amide bonds. The van der Waals surface area contributed by atoms with Gasteiger partial charge in [0.05, 0.1) is 6.10 Å². The van der Waals surface area contributed by atoms with Crippen LogP contribution in [0.4, 0.5) is 0 Å². The molecule has 1 rings (SSSR count). The van der Waals surface area contributed by atoms with Crippen molar-refractivity contribution in [3.63, 3.8) is 0 Å². The molecule has 2 nitrogen and oxygen atoms in total. The molecule has 2 N–H and O–H groups in total. The van der Waals surface area contributed by atoms with E-state index in [0.29, 0.717) is 0 Å². The average molecular weight is 157 g/mol. The topological polar surface area (TPSA) is 32.3 Å². The van der Waals surface area contributed by atoms with E-state index >= 15 is 0 Å². The molecule has 0 aromatic heterocycles. The zero-order chi connectivity index (χ0) is 8.10. The van der Waals surface area contributed by atoms with Crippen LogP contribution in [0.25, 0.3) is 0 Å². The smallest absolute Gasteiger partial charge is 0.0540 e. The van der Waals surface area contributed by atoms with E-state index in [-0.39, 0.29) is 6.10 Å². The second kappa shape index (κ2) is 4.73. The van der Waals surface area contributed by atoms with E-state index in [1.54, 1.807) is 0 Å². The van der Waals surface area contributed by atoms with Gasteiger partial charge in [-0.05, 0) is 44.7 Å². The van der Waals surface area contributed by atoms with Crippen LogP contribution in [0.5, 0.6) is 0 Å². The summed E-state index contributed by atoms with van der Waals surface area (Å²) < 4.78 is 0. The first-order chi connectivity index (χ1) is 5.33. The molecule has 1 aliphatic carbocycles. The predicted octanol–water partition coefficient (Wildman–Crippen LogP) is 1.15. The SMILES string of the molecule is CCNC[C@H]1CC[C@@H](O)CC1. The van der Waals surface area contributed by atoms with Crippen LogP contribution in [0.1, 0.15) is 32.6 Å². The highest BCUT2D eigenvalue weighted by molar-refractivity contribution is 4.72. The second-order valence-electron chi connectivity index (χ2n) is 3.48. The normalized spacial score (nSPS) is 32.2. The molecule has 0 atom stereocenters. The molecule has 0 radical (unpaired) electrons. The molecule has 1 fully saturated rings. The summed E-state index contributed by atoms with van der Waals surface area (Å²) in [6.07, 6.45) is 4.42. The van der Waals surface area contributed by atoms with Gasteiger partial charge >= 0.3 is 0 Å². The lowest BCUT2D eigenvalue weighted by Crippen LogP contribution is -2.27. The molecule has 1 saturated carbocycles. The Balaban J connectivity index is 2.07. The van der Waals surface area contributed by atoms with Crippen molar-refractivity contribution >= 4 is 0 Å². The van der Waals surface area contributed by atoms with Crippen LogP contribution in [-0.4, -0.2) is 24.3 Å². The van der Waals surface area contributed by atoms with Crippen LogP contribution in [0, 0.1) is 5.92 Å². The molecule has 0 heterocycles. The van der Waals surface area contributed by atoms with Gasteiger partial charge in [0.25, 0.3) is 0 Å². The zero-order valence-corrected chi connectivity index (χ0v) is 7.34. The van der Waals surface area contributed by atoms with Gasteiger partial charge in [0.1, 0.15) is 0 Å². The zero-order valence-electron chi connectivity index (χ0n) is 7.34. The Morgan fingerprint density at radius 2 is 1.91 bits per heavy atom. The molecule has 0 aromatic carbocycles. The van der Waals surface area contributed by atoms with Gasteiger partial charge in [-0.2, -0.15) is 0 Å². The van der Waals surface area contributed by atoms with Crippen LogP contribution >= 0.6 is 0 Å². The molecule has 0 aliphatic heterocycles. The third kappa shape index (κ3) is 3.21. The molecule has 0 bridgehead atoms. The lowest BCUT2D eigenvalue weighted by Gasteiger charge is -2.25.